The molecule has 0 saturated carbocycles. The van der Waals surface area contributed by atoms with E-state index in [0.29, 0.717) is 50.4 Å². The predicted molar refractivity (Wildman–Crippen MR) is 446 cm³/mol. The molecule has 16 heteroatoms. The molecule has 546 valence electrons. The van der Waals surface area contributed by atoms with Gasteiger partial charge in [-0.1, -0.05) is 168 Å². The van der Waals surface area contributed by atoms with Gasteiger partial charge in [-0.25, -0.2) is 0 Å². The molecule has 19 rings (SSSR count). The summed E-state index contributed by atoms with van der Waals surface area (Å²) in [6, 6.07) is 75.1. The fourth-order valence-corrected chi connectivity index (χ4v) is 15.9. The Labute approximate surface area is 657 Å². The van der Waals surface area contributed by atoms with Crippen LogP contribution in [0.5, 0.6) is 0 Å². The van der Waals surface area contributed by atoms with Crippen molar-refractivity contribution < 1.29 is 47.7 Å². The second-order valence-electron chi connectivity index (χ2n) is 32.5. The third-order valence-corrected chi connectivity index (χ3v) is 20.7. The fourth-order valence-electron chi connectivity index (χ4n) is 15.9. The van der Waals surface area contributed by atoms with Crippen molar-refractivity contribution in [2.24, 2.45) is 16.2 Å². The number of carbonyl (C=O) groups is 3. The molecular formula is C96H72IrN9O6. The first kappa shape index (κ1) is 70.8. The number of fused-ring (bicyclic) bond motifs is 18. The molecule has 15 nitrogen and oxygen atoms in total. The maximum absolute atomic E-state index is 16.4. The molecule has 0 aliphatic carbocycles. The van der Waals surface area contributed by atoms with Crippen molar-refractivity contribution in [3.63, 3.8) is 0 Å². The number of rotatable bonds is 12. The SMILES string of the molecule is CC(C)(C)CN(C(=O)c1cc(C(=O)N(CC(C)(C)C)c2cnc3c(ccc4c(-c5ccnc6c5oc5ccccc56)cc[c-]c43)c2)cc(C(=O)N(CC(C)(C)C)c2cnc3c(ccc4c(-c5ccnc6c5oc5ccccc56)cc[c-]c43)c2)c1)c1cnc2c(ccc3c(-c4ccnc5c4oc4ccccc45)cc[c-]c32)c1.[Ir+3]. The number of para-hydroxylation sites is 3. The number of nitrogens with zero attached hydrogens (tertiary/aromatic N) is 9. The van der Waals surface area contributed by atoms with Gasteiger partial charge in [0.25, 0.3) is 17.7 Å². The molecule has 9 aromatic heterocycles. The zero-order valence-corrected chi connectivity index (χ0v) is 65.3. The zero-order chi connectivity index (χ0) is 75.9. The zero-order valence-electron chi connectivity index (χ0n) is 62.9. The third kappa shape index (κ3) is 12.4. The van der Waals surface area contributed by atoms with Gasteiger partial charge >= 0.3 is 20.1 Å². The molecule has 0 radical (unpaired) electrons. The summed E-state index contributed by atoms with van der Waals surface area (Å²) in [4.78, 5) is 84.0. The summed E-state index contributed by atoms with van der Waals surface area (Å²) in [5.41, 5.74) is 14.8. The average Bonchev–Trinajstić information content (AvgIpc) is 1.53. The second-order valence-corrected chi connectivity index (χ2v) is 32.5. The Bertz CT molecular complexity index is 6460. The Morgan fingerprint density at radius 3 is 0.893 bits per heavy atom. The van der Waals surface area contributed by atoms with E-state index in [-0.39, 0.29) is 56.4 Å². The average molecular weight is 1640 g/mol. The van der Waals surface area contributed by atoms with Crippen LogP contribution < -0.4 is 14.7 Å². The van der Waals surface area contributed by atoms with Crippen molar-refractivity contribution in [2.75, 3.05) is 34.3 Å². The Morgan fingerprint density at radius 1 is 0.321 bits per heavy atom. The quantitative estimate of drug-likeness (QED) is 0.0836. The number of benzene rings is 10. The van der Waals surface area contributed by atoms with Gasteiger partial charge in [0.15, 0.2) is 16.7 Å². The number of furan rings is 3. The van der Waals surface area contributed by atoms with Crippen LogP contribution in [0.15, 0.2) is 251 Å². The van der Waals surface area contributed by atoms with Gasteiger partial charge in [-0.15, -0.1) is 70.8 Å². The van der Waals surface area contributed by atoms with Gasteiger partial charge in [0, 0.05) is 106 Å². The standard InChI is InChI=1S/C96H72N9O6.Ir/c1-94(2,3)52-103(61-46-55-31-34-67-64(22-16-25-70(67)82(55)100-49-61)73-37-40-97-85-76-19-10-13-28-79(76)109-88(73)85)91(106)58-43-59(92(107)104(53-95(4,5)6)62-47-56-32-35-68-65(23-17-26-71(68)83(56)101-50-62)74-38-41-98-86-77-20-11-14-29-80(77)110-89(74)86)45-60(44-58)93(108)105(54-96(7,8)9)63-48-57-33-36-69-66(24-18-27-72(69)84(57)102-51-63)75-39-42-99-87-78-21-12-15-30-81(78)111-90(75)87;/h10-24,28-51H,52-54H2,1-9H3;/q-3;+3. The number of aromatic nitrogens is 6. The van der Waals surface area contributed by atoms with E-state index in [2.05, 4.69) is 98.7 Å². The number of anilines is 3. The van der Waals surface area contributed by atoms with E-state index in [4.69, 9.17) is 43.2 Å². The normalized spacial score (nSPS) is 12.3. The van der Waals surface area contributed by atoms with E-state index in [9.17, 15) is 0 Å². The van der Waals surface area contributed by atoms with Gasteiger partial charge < -0.3 is 42.9 Å². The van der Waals surface area contributed by atoms with E-state index in [1.165, 1.54) is 0 Å². The number of hydrogen-bond donors (Lipinski definition) is 0. The topological polar surface area (TPSA) is 178 Å². The van der Waals surface area contributed by atoms with Gasteiger partial charge in [0.2, 0.25) is 0 Å². The van der Waals surface area contributed by atoms with Crippen molar-refractivity contribution >= 4 is 166 Å². The molecule has 0 saturated heterocycles. The molecule has 0 N–H and O–H groups in total. The summed E-state index contributed by atoms with van der Waals surface area (Å²) in [5.74, 6) is -1.31. The minimum Gasteiger partial charge on any atom is -0.454 e. The van der Waals surface area contributed by atoms with Crippen LogP contribution in [0.2, 0.25) is 0 Å². The van der Waals surface area contributed by atoms with Gasteiger partial charge in [-0.2, -0.15) is 0 Å². The molecule has 0 unspecified atom stereocenters. The van der Waals surface area contributed by atoms with E-state index in [1.807, 2.05) is 182 Å². The first-order valence-corrected chi connectivity index (χ1v) is 37.2. The monoisotopic (exact) mass is 1640 g/mol. The van der Waals surface area contributed by atoms with Gasteiger partial charge in [-0.05, 0) is 140 Å². The predicted octanol–water partition coefficient (Wildman–Crippen LogP) is 23.2. The van der Waals surface area contributed by atoms with Crippen LogP contribution in [-0.4, -0.2) is 67.3 Å². The number of amides is 3. The Hall–Kier alpha value is -12.9. The Balaban J connectivity index is 0.00000876. The molecule has 0 aliphatic rings. The first-order valence-electron chi connectivity index (χ1n) is 37.2. The summed E-state index contributed by atoms with van der Waals surface area (Å²) in [5, 5.41) is 10.3. The smallest absolute Gasteiger partial charge is 0.454 e. The van der Waals surface area contributed by atoms with E-state index >= 15 is 14.4 Å². The van der Waals surface area contributed by atoms with Gasteiger partial charge in [-0.3, -0.25) is 29.3 Å². The van der Waals surface area contributed by atoms with Crippen molar-refractivity contribution in [3.05, 3.63) is 272 Å². The maximum atomic E-state index is 16.4. The molecule has 10 aromatic carbocycles. The molecule has 9 heterocycles. The van der Waals surface area contributed by atoms with Crippen LogP contribution in [0.25, 0.3) is 165 Å². The molecule has 0 spiro atoms. The number of hydrogen-bond acceptors (Lipinski definition) is 12. The molecule has 112 heavy (non-hydrogen) atoms. The largest absolute Gasteiger partial charge is 3.00 e. The minimum absolute atomic E-state index is 0. The fraction of sp³-hybridized carbons (Fsp3) is 0.156. The molecule has 0 bridgehead atoms. The van der Waals surface area contributed by atoms with Crippen molar-refractivity contribution in [1.29, 1.82) is 0 Å². The minimum atomic E-state index is -0.468. The van der Waals surface area contributed by atoms with E-state index in [0.717, 1.165) is 131 Å². The van der Waals surface area contributed by atoms with Crippen molar-refractivity contribution in [1.82, 2.24) is 29.9 Å². The molecule has 3 amide bonds. The molecular weight excluding hydrogens is 1570 g/mol. The summed E-state index contributed by atoms with van der Waals surface area (Å²) >= 11 is 0. The summed E-state index contributed by atoms with van der Waals surface area (Å²) < 4.78 is 19.5. The molecule has 0 aliphatic heterocycles. The second kappa shape index (κ2) is 27.0. The summed E-state index contributed by atoms with van der Waals surface area (Å²) in [6.45, 7) is 19.4. The van der Waals surface area contributed by atoms with Gasteiger partial charge in [0.1, 0.15) is 33.3 Å². The maximum Gasteiger partial charge on any atom is 3.00 e. The third-order valence-electron chi connectivity index (χ3n) is 20.7. The van der Waals surface area contributed by atoms with E-state index in [1.54, 1.807) is 51.5 Å². The van der Waals surface area contributed by atoms with Crippen LogP contribution in [0.4, 0.5) is 17.1 Å². The summed E-state index contributed by atoms with van der Waals surface area (Å²) in [6.07, 6.45) is 10.6. The molecule has 19 aromatic rings. The summed E-state index contributed by atoms with van der Waals surface area (Å²) in [7, 11) is 0. The van der Waals surface area contributed by atoms with Crippen LogP contribution in [-0.2, 0) is 20.1 Å². The Morgan fingerprint density at radius 2 is 0.607 bits per heavy atom. The van der Waals surface area contributed by atoms with Crippen LogP contribution in [0, 0.1) is 34.4 Å². The molecule has 0 atom stereocenters. The number of pyridine rings is 6. The van der Waals surface area contributed by atoms with Crippen LogP contribution in [0.3, 0.4) is 0 Å². The first-order chi connectivity index (χ1) is 53.6. The van der Waals surface area contributed by atoms with E-state index < -0.39 is 34.0 Å². The Kier molecular flexibility index (Phi) is 17.1. The van der Waals surface area contributed by atoms with Gasteiger partial charge in [0.05, 0.1) is 17.1 Å². The number of carbonyl (C=O) groups excluding carboxylic acids is 3. The van der Waals surface area contributed by atoms with Crippen LogP contribution >= 0.6 is 0 Å². The van der Waals surface area contributed by atoms with Crippen molar-refractivity contribution in [2.45, 2.75) is 62.3 Å². The van der Waals surface area contributed by atoms with Crippen LogP contribution in [0.1, 0.15) is 93.4 Å². The van der Waals surface area contributed by atoms with Crippen molar-refractivity contribution in [3.8, 4) is 33.4 Å². The molecule has 0 fully saturated rings.